The first kappa shape index (κ1) is 24.6. The first-order chi connectivity index (χ1) is 18.6. The van der Waals surface area contributed by atoms with Crippen LogP contribution in [0.3, 0.4) is 0 Å². The zero-order chi connectivity index (χ0) is 25.9. The topological polar surface area (TPSA) is 124 Å². The highest BCUT2D eigenvalue weighted by atomic mass is 16.5. The van der Waals surface area contributed by atoms with Gasteiger partial charge in [0.2, 0.25) is 0 Å². The molecule has 0 bridgehead atoms. The van der Waals surface area contributed by atoms with Gasteiger partial charge in [-0.3, -0.25) is 14.5 Å². The fraction of sp³-hybridized carbons (Fsp3) is 0.429. The van der Waals surface area contributed by atoms with Crippen LogP contribution in [0.1, 0.15) is 36.9 Å². The summed E-state index contributed by atoms with van der Waals surface area (Å²) >= 11 is 0. The molecule has 3 aromatic heterocycles. The minimum Gasteiger partial charge on any atom is -0.463 e. The van der Waals surface area contributed by atoms with E-state index in [9.17, 15) is 4.79 Å². The van der Waals surface area contributed by atoms with Crippen molar-refractivity contribution in [1.82, 2.24) is 29.4 Å². The van der Waals surface area contributed by atoms with E-state index < -0.39 is 0 Å². The maximum absolute atomic E-state index is 12.8. The molecule has 2 fully saturated rings. The van der Waals surface area contributed by atoms with Crippen LogP contribution in [0.4, 0.5) is 5.82 Å². The molecule has 5 heterocycles. The molecular weight excluding hydrogens is 482 g/mol. The SMILES string of the molecule is Nc1nc(OCC2CCOCC2)nc2c1[nH]c(=O)n2Cc1ccc(-c2ccc(CN3CCCC3)nc2)cc1. The number of likely N-dealkylation sites (tertiary alicyclic amines) is 1. The largest absolute Gasteiger partial charge is 0.463 e. The van der Waals surface area contributed by atoms with Crippen LogP contribution in [0.2, 0.25) is 0 Å². The molecule has 198 valence electrons. The number of pyridine rings is 1. The third-order valence-electron chi connectivity index (χ3n) is 7.46. The maximum Gasteiger partial charge on any atom is 0.328 e. The van der Waals surface area contributed by atoms with Crippen LogP contribution in [0.25, 0.3) is 22.3 Å². The highest BCUT2D eigenvalue weighted by molar-refractivity contribution is 5.82. The van der Waals surface area contributed by atoms with E-state index in [1.165, 1.54) is 12.8 Å². The fourth-order valence-corrected chi connectivity index (χ4v) is 5.19. The number of anilines is 1. The van der Waals surface area contributed by atoms with Crippen LogP contribution >= 0.6 is 0 Å². The van der Waals surface area contributed by atoms with Crippen LogP contribution in [-0.2, 0) is 17.8 Å². The van der Waals surface area contributed by atoms with Crippen molar-refractivity contribution >= 4 is 17.0 Å². The smallest absolute Gasteiger partial charge is 0.328 e. The summed E-state index contributed by atoms with van der Waals surface area (Å²) in [5.41, 5.74) is 10.9. The van der Waals surface area contributed by atoms with E-state index in [4.69, 9.17) is 15.2 Å². The average molecular weight is 516 g/mol. The lowest BCUT2D eigenvalue weighted by molar-refractivity contribution is 0.0483. The highest BCUT2D eigenvalue weighted by Crippen LogP contribution is 2.23. The van der Waals surface area contributed by atoms with Crippen molar-refractivity contribution in [2.24, 2.45) is 5.92 Å². The third-order valence-corrected chi connectivity index (χ3v) is 7.46. The molecular formula is C28H33N7O3. The molecule has 0 unspecified atom stereocenters. The number of rotatable bonds is 8. The van der Waals surface area contributed by atoms with Gasteiger partial charge in [-0.2, -0.15) is 9.97 Å². The monoisotopic (exact) mass is 515 g/mol. The van der Waals surface area contributed by atoms with Gasteiger partial charge in [0.05, 0.1) is 18.8 Å². The van der Waals surface area contributed by atoms with E-state index in [0.29, 0.717) is 30.2 Å². The van der Waals surface area contributed by atoms with Crippen molar-refractivity contribution in [3.63, 3.8) is 0 Å². The zero-order valence-corrected chi connectivity index (χ0v) is 21.4. The van der Waals surface area contributed by atoms with Gasteiger partial charge in [0, 0.05) is 31.5 Å². The Morgan fingerprint density at radius 1 is 1.00 bits per heavy atom. The van der Waals surface area contributed by atoms with E-state index in [-0.39, 0.29) is 17.5 Å². The summed E-state index contributed by atoms with van der Waals surface area (Å²) in [4.78, 5) is 31.5. The Morgan fingerprint density at radius 3 is 2.50 bits per heavy atom. The fourth-order valence-electron chi connectivity index (χ4n) is 5.19. The number of fused-ring (bicyclic) bond motifs is 1. The number of benzene rings is 1. The summed E-state index contributed by atoms with van der Waals surface area (Å²) in [6.45, 7) is 5.57. The summed E-state index contributed by atoms with van der Waals surface area (Å²) < 4.78 is 12.8. The van der Waals surface area contributed by atoms with Gasteiger partial charge in [0.15, 0.2) is 11.5 Å². The number of nitrogens with zero attached hydrogens (tertiary/aromatic N) is 5. The second-order valence-electron chi connectivity index (χ2n) is 10.2. The number of aromatic nitrogens is 5. The molecule has 0 spiro atoms. The average Bonchev–Trinajstić information content (AvgIpc) is 3.57. The van der Waals surface area contributed by atoms with Crippen LogP contribution in [-0.4, -0.2) is 62.3 Å². The second-order valence-corrected chi connectivity index (χ2v) is 10.2. The molecule has 1 aromatic carbocycles. The van der Waals surface area contributed by atoms with E-state index in [1.807, 2.05) is 18.3 Å². The normalized spacial score (nSPS) is 16.8. The van der Waals surface area contributed by atoms with Gasteiger partial charge in [-0.1, -0.05) is 30.3 Å². The molecule has 0 radical (unpaired) electrons. The Hall–Kier alpha value is -3.76. The van der Waals surface area contributed by atoms with E-state index in [0.717, 1.165) is 68.1 Å². The first-order valence-corrected chi connectivity index (χ1v) is 13.4. The minimum atomic E-state index is -0.288. The molecule has 2 aliphatic rings. The van der Waals surface area contributed by atoms with Gasteiger partial charge in [-0.05, 0) is 61.9 Å². The van der Waals surface area contributed by atoms with Crippen molar-refractivity contribution in [3.05, 3.63) is 64.3 Å². The number of nitrogens with two attached hydrogens (primary N) is 1. The maximum atomic E-state index is 12.8. The first-order valence-electron chi connectivity index (χ1n) is 13.4. The number of aromatic amines is 1. The van der Waals surface area contributed by atoms with Gasteiger partial charge in [-0.15, -0.1) is 0 Å². The summed E-state index contributed by atoms with van der Waals surface area (Å²) in [5.74, 6) is 0.594. The van der Waals surface area contributed by atoms with Gasteiger partial charge in [0.25, 0.3) is 0 Å². The van der Waals surface area contributed by atoms with Crippen molar-refractivity contribution in [3.8, 4) is 17.1 Å². The van der Waals surface area contributed by atoms with Crippen LogP contribution in [0.15, 0.2) is 47.4 Å². The Labute approximate surface area is 220 Å². The Balaban J connectivity index is 1.16. The van der Waals surface area contributed by atoms with Gasteiger partial charge < -0.3 is 20.2 Å². The van der Waals surface area contributed by atoms with E-state index in [1.54, 1.807) is 4.57 Å². The van der Waals surface area contributed by atoms with Crippen LogP contribution < -0.4 is 16.2 Å². The minimum absolute atomic E-state index is 0.185. The number of H-pyrrole nitrogens is 1. The van der Waals surface area contributed by atoms with E-state index >= 15 is 0 Å². The number of imidazole rings is 1. The van der Waals surface area contributed by atoms with Gasteiger partial charge in [0.1, 0.15) is 5.52 Å². The number of hydrogen-bond acceptors (Lipinski definition) is 8. The lowest BCUT2D eigenvalue weighted by atomic mass is 10.0. The molecule has 6 rings (SSSR count). The molecule has 38 heavy (non-hydrogen) atoms. The number of nitrogen functional groups attached to an aromatic ring is 1. The molecule has 4 aromatic rings. The van der Waals surface area contributed by atoms with Crippen LogP contribution in [0.5, 0.6) is 6.01 Å². The molecule has 10 nitrogen and oxygen atoms in total. The number of ether oxygens (including phenoxy) is 2. The van der Waals surface area contributed by atoms with Crippen LogP contribution in [0, 0.1) is 5.92 Å². The van der Waals surface area contributed by atoms with Crippen molar-refractivity contribution in [2.75, 3.05) is 38.6 Å². The molecule has 0 amide bonds. The second kappa shape index (κ2) is 10.9. The van der Waals surface area contributed by atoms with Crippen molar-refractivity contribution in [1.29, 1.82) is 0 Å². The Morgan fingerprint density at radius 2 is 1.76 bits per heavy atom. The lowest BCUT2D eigenvalue weighted by Crippen LogP contribution is -2.22. The van der Waals surface area contributed by atoms with E-state index in [2.05, 4.69) is 49.1 Å². The molecule has 0 saturated carbocycles. The molecule has 10 heteroatoms. The van der Waals surface area contributed by atoms with Crippen molar-refractivity contribution in [2.45, 2.75) is 38.8 Å². The Bertz CT molecular complexity index is 1430. The summed E-state index contributed by atoms with van der Waals surface area (Å²) in [7, 11) is 0. The Kier molecular flexibility index (Phi) is 7.06. The van der Waals surface area contributed by atoms with Gasteiger partial charge in [-0.25, -0.2) is 4.79 Å². The summed E-state index contributed by atoms with van der Waals surface area (Å²) in [5, 5.41) is 0. The quantitative estimate of drug-likeness (QED) is 0.367. The molecule has 2 saturated heterocycles. The highest BCUT2D eigenvalue weighted by Gasteiger charge is 2.18. The predicted octanol–water partition coefficient (Wildman–Crippen LogP) is 3.21. The standard InChI is InChI=1S/C28H33N7O3/c29-25-24-26(33-27(32-25)38-18-20-9-13-37-14-10-20)35(28(36)31-24)16-19-3-5-21(6-4-19)22-7-8-23(30-15-22)17-34-11-1-2-12-34/h3-8,15,20H,1-2,9-14,16-18H2,(H,31,36)(H2,29,32,33). The van der Waals surface area contributed by atoms with Crippen molar-refractivity contribution < 1.29 is 9.47 Å². The zero-order valence-electron chi connectivity index (χ0n) is 21.4. The predicted molar refractivity (Wildman–Crippen MR) is 145 cm³/mol. The number of hydrogen-bond donors (Lipinski definition) is 2. The molecule has 0 atom stereocenters. The van der Waals surface area contributed by atoms with Gasteiger partial charge >= 0.3 is 11.7 Å². The molecule has 2 aliphatic heterocycles. The summed E-state index contributed by atoms with van der Waals surface area (Å²) in [6, 6.07) is 12.6. The molecule has 0 aliphatic carbocycles. The lowest BCUT2D eigenvalue weighted by Gasteiger charge is -2.21. The summed E-state index contributed by atoms with van der Waals surface area (Å²) in [6.07, 6.45) is 6.39. The number of nitrogens with one attached hydrogen (secondary N) is 1. The molecule has 3 N–H and O–H groups in total. The third kappa shape index (κ3) is 5.41.